The maximum absolute atomic E-state index is 13.4. The highest BCUT2D eigenvalue weighted by Crippen LogP contribution is 2.36. The summed E-state index contributed by atoms with van der Waals surface area (Å²) in [5.41, 5.74) is 6.37. The maximum atomic E-state index is 13.4. The van der Waals surface area contributed by atoms with Crippen LogP contribution in [0.3, 0.4) is 0 Å². The molecule has 0 unspecified atom stereocenters. The van der Waals surface area contributed by atoms with Gasteiger partial charge in [-0.1, -0.05) is 23.2 Å². The summed E-state index contributed by atoms with van der Waals surface area (Å²) in [5, 5.41) is 12.4. The lowest BCUT2D eigenvalue weighted by Gasteiger charge is -2.15. The monoisotopic (exact) mass is 518 g/mol. The number of H-pyrrole nitrogens is 1. The van der Waals surface area contributed by atoms with Gasteiger partial charge in [0.2, 0.25) is 0 Å². The van der Waals surface area contributed by atoms with Gasteiger partial charge in [0.25, 0.3) is 5.56 Å². The van der Waals surface area contributed by atoms with E-state index in [-0.39, 0.29) is 11.6 Å². The number of rotatable bonds is 4. The topological polar surface area (TPSA) is 107 Å². The minimum Gasteiger partial charge on any atom is -0.331 e. The van der Waals surface area contributed by atoms with Crippen LogP contribution >= 0.6 is 23.2 Å². The van der Waals surface area contributed by atoms with Gasteiger partial charge in [0.15, 0.2) is 0 Å². The lowest BCUT2D eigenvalue weighted by atomic mass is 10.0. The Hall–Kier alpha value is -3.82. The van der Waals surface area contributed by atoms with E-state index in [4.69, 9.17) is 28.2 Å². The van der Waals surface area contributed by atoms with E-state index in [1.165, 1.54) is 6.33 Å². The molecule has 0 bridgehead atoms. The smallest absolute Gasteiger partial charge is 0.252 e. The Morgan fingerprint density at radius 1 is 1.00 bits per heavy atom. The maximum Gasteiger partial charge on any atom is 0.252 e. The number of aromatic amines is 1. The molecule has 0 radical (unpaired) electrons. The number of tetrazole rings is 1. The van der Waals surface area contributed by atoms with E-state index in [9.17, 15) is 4.79 Å². The molecule has 180 valence electrons. The summed E-state index contributed by atoms with van der Waals surface area (Å²) in [6, 6.07) is 12.7. The Kier molecular flexibility index (Phi) is 5.46. The molecule has 9 nitrogen and oxygen atoms in total. The first-order chi connectivity index (χ1) is 17.4. The summed E-state index contributed by atoms with van der Waals surface area (Å²) in [6.45, 7) is 3.88. The number of hydrogen-bond donors (Lipinski definition) is 1. The van der Waals surface area contributed by atoms with Crippen LogP contribution < -0.4 is 5.56 Å². The van der Waals surface area contributed by atoms with Crippen molar-refractivity contribution in [2.24, 2.45) is 0 Å². The van der Waals surface area contributed by atoms with Crippen LogP contribution in [-0.2, 0) is 6.42 Å². The molecule has 0 aliphatic carbocycles. The standard InChI is InChI=1S/C25H20Cl2N8O/c1-13-7-16(8-14(2)29-13)23-24(27)31-25(30-23)21-6-4-18-9-15(10-22(36)35(18)21)19-11-17(26)3-5-20(19)34-12-28-32-33-34/h3,5,7-12,21H,4,6H2,1-2H3,(H,30,31)/t21-/m0/s1. The van der Waals surface area contributed by atoms with E-state index >= 15 is 0 Å². The van der Waals surface area contributed by atoms with Crippen LogP contribution in [0.15, 0.2) is 53.6 Å². The van der Waals surface area contributed by atoms with Crippen molar-refractivity contribution in [2.45, 2.75) is 32.7 Å². The number of aromatic nitrogens is 8. The first kappa shape index (κ1) is 22.6. The zero-order chi connectivity index (χ0) is 25.0. The fourth-order valence-electron chi connectivity index (χ4n) is 4.91. The molecule has 0 saturated carbocycles. The van der Waals surface area contributed by atoms with Crippen molar-refractivity contribution in [1.82, 2.24) is 39.7 Å². The second-order valence-corrected chi connectivity index (χ2v) is 9.65. The number of pyridine rings is 2. The number of nitrogens with zero attached hydrogens (tertiary/aromatic N) is 7. The van der Waals surface area contributed by atoms with Gasteiger partial charge in [-0.05, 0) is 79.1 Å². The normalized spacial score (nSPS) is 14.8. The lowest BCUT2D eigenvalue weighted by Crippen LogP contribution is -2.24. The van der Waals surface area contributed by atoms with Crippen molar-refractivity contribution in [3.63, 3.8) is 0 Å². The van der Waals surface area contributed by atoms with E-state index in [2.05, 4.69) is 25.5 Å². The van der Waals surface area contributed by atoms with Gasteiger partial charge < -0.3 is 9.55 Å². The summed E-state index contributed by atoms with van der Waals surface area (Å²) >= 11 is 12.9. The number of benzene rings is 1. The third-order valence-electron chi connectivity index (χ3n) is 6.35. The predicted octanol–water partition coefficient (Wildman–Crippen LogP) is 4.74. The van der Waals surface area contributed by atoms with Gasteiger partial charge in [0.05, 0.1) is 11.7 Å². The van der Waals surface area contributed by atoms with Gasteiger partial charge in [-0.3, -0.25) is 9.78 Å². The lowest BCUT2D eigenvalue weighted by molar-refractivity contribution is 0.572. The molecule has 5 heterocycles. The number of hydrogen-bond acceptors (Lipinski definition) is 6. The SMILES string of the molecule is Cc1cc(-c2nc([C@@H]3CCc4cc(-c5cc(Cl)ccc5-n5cnnn5)cc(=O)n43)[nH]c2Cl)cc(C)n1. The largest absolute Gasteiger partial charge is 0.331 e. The van der Waals surface area contributed by atoms with Crippen LogP contribution in [-0.4, -0.2) is 39.7 Å². The van der Waals surface area contributed by atoms with Crippen LogP contribution in [0.25, 0.3) is 28.1 Å². The van der Waals surface area contributed by atoms with E-state index in [0.717, 1.165) is 52.3 Å². The van der Waals surface area contributed by atoms with Crippen LogP contribution in [0.1, 0.15) is 35.4 Å². The van der Waals surface area contributed by atoms with Crippen molar-refractivity contribution in [3.05, 3.63) is 92.2 Å². The summed E-state index contributed by atoms with van der Waals surface area (Å²) in [7, 11) is 0. The van der Waals surface area contributed by atoms with Crippen LogP contribution in [0.4, 0.5) is 0 Å². The van der Waals surface area contributed by atoms with E-state index < -0.39 is 0 Å². The summed E-state index contributed by atoms with van der Waals surface area (Å²) in [4.78, 5) is 25.9. The van der Waals surface area contributed by atoms with Gasteiger partial charge in [-0.15, -0.1) is 5.10 Å². The Morgan fingerprint density at radius 2 is 1.81 bits per heavy atom. The van der Waals surface area contributed by atoms with E-state index in [1.807, 2.05) is 44.2 Å². The molecule has 4 aromatic heterocycles. The minimum absolute atomic E-state index is 0.127. The second kappa shape index (κ2) is 8.69. The van der Waals surface area contributed by atoms with Gasteiger partial charge >= 0.3 is 0 Å². The van der Waals surface area contributed by atoms with Crippen molar-refractivity contribution in [1.29, 1.82) is 0 Å². The highest BCUT2D eigenvalue weighted by molar-refractivity contribution is 6.32. The zero-order valence-electron chi connectivity index (χ0n) is 19.4. The van der Waals surface area contributed by atoms with Gasteiger partial charge in [-0.25, -0.2) is 4.98 Å². The van der Waals surface area contributed by atoms with Crippen LogP contribution in [0.5, 0.6) is 0 Å². The second-order valence-electron chi connectivity index (χ2n) is 8.84. The molecule has 1 N–H and O–H groups in total. The molecule has 5 aromatic rings. The minimum atomic E-state index is -0.241. The van der Waals surface area contributed by atoms with Crippen molar-refractivity contribution >= 4 is 23.2 Å². The van der Waals surface area contributed by atoms with E-state index in [1.54, 1.807) is 21.4 Å². The van der Waals surface area contributed by atoms with Crippen molar-refractivity contribution in [2.75, 3.05) is 0 Å². The Balaban J connectivity index is 1.41. The molecule has 1 aliphatic rings. The average molecular weight is 519 g/mol. The van der Waals surface area contributed by atoms with Gasteiger partial charge in [0.1, 0.15) is 23.0 Å². The molecular formula is C25H20Cl2N8O. The number of aryl methyl sites for hydroxylation is 3. The summed E-state index contributed by atoms with van der Waals surface area (Å²) < 4.78 is 3.33. The molecule has 0 amide bonds. The Labute approximate surface area is 215 Å². The predicted molar refractivity (Wildman–Crippen MR) is 137 cm³/mol. The highest BCUT2D eigenvalue weighted by atomic mass is 35.5. The molecule has 6 rings (SSSR count). The molecule has 1 aromatic carbocycles. The third-order valence-corrected chi connectivity index (χ3v) is 6.86. The first-order valence-corrected chi connectivity index (χ1v) is 12.1. The fraction of sp³-hybridized carbons (Fsp3) is 0.200. The molecular weight excluding hydrogens is 499 g/mol. The average Bonchev–Trinajstić information content (AvgIpc) is 3.58. The molecule has 11 heteroatoms. The van der Waals surface area contributed by atoms with E-state index in [0.29, 0.717) is 21.7 Å². The Morgan fingerprint density at radius 3 is 2.56 bits per heavy atom. The molecule has 0 spiro atoms. The zero-order valence-corrected chi connectivity index (χ0v) is 20.9. The van der Waals surface area contributed by atoms with Crippen LogP contribution in [0, 0.1) is 13.8 Å². The Bertz CT molecular complexity index is 1650. The molecule has 1 aliphatic heterocycles. The molecule has 0 saturated heterocycles. The van der Waals surface area contributed by atoms with Crippen molar-refractivity contribution in [3.8, 4) is 28.1 Å². The quantitative estimate of drug-likeness (QED) is 0.368. The number of halogens is 2. The highest BCUT2D eigenvalue weighted by Gasteiger charge is 2.29. The summed E-state index contributed by atoms with van der Waals surface area (Å²) in [6.07, 6.45) is 2.95. The van der Waals surface area contributed by atoms with Crippen molar-refractivity contribution < 1.29 is 0 Å². The number of nitrogens with one attached hydrogen (secondary N) is 1. The third kappa shape index (κ3) is 3.90. The van der Waals surface area contributed by atoms with Gasteiger partial charge in [0, 0.05) is 39.3 Å². The van der Waals surface area contributed by atoms with Gasteiger partial charge in [-0.2, -0.15) is 4.68 Å². The molecule has 0 fully saturated rings. The van der Waals surface area contributed by atoms with Crippen LogP contribution in [0.2, 0.25) is 10.2 Å². The first-order valence-electron chi connectivity index (χ1n) is 11.4. The summed E-state index contributed by atoms with van der Waals surface area (Å²) in [5.74, 6) is 0.660. The molecule has 1 atom stereocenters. The molecule has 36 heavy (non-hydrogen) atoms. The number of imidazole rings is 1. The number of fused-ring (bicyclic) bond motifs is 1. The fourth-order valence-corrected chi connectivity index (χ4v) is 5.33.